The minimum Gasteiger partial charge on any atom is -0.338 e. The molecule has 0 radical (unpaired) electrons. The first kappa shape index (κ1) is 18.8. The van der Waals surface area contributed by atoms with Gasteiger partial charge in [0, 0.05) is 24.4 Å². The van der Waals surface area contributed by atoms with Gasteiger partial charge in [0.15, 0.2) is 0 Å². The van der Waals surface area contributed by atoms with Gasteiger partial charge in [0.05, 0.1) is 28.8 Å². The lowest BCUT2D eigenvalue weighted by Gasteiger charge is -2.43. The van der Waals surface area contributed by atoms with Gasteiger partial charge in [-0.25, -0.2) is 4.98 Å². The topological polar surface area (TPSA) is 62.7 Å². The first-order valence-electron chi connectivity index (χ1n) is 9.59. The Kier molecular flexibility index (Phi) is 4.56. The van der Waals surface area contributed by atoms with Crippen LogP contribution in [0.3, 0.4) is 0 Å². The van der Waals surface area contributed by atoms with Crippen LogP contribution < -0.4 is 9.80 Å². The van der Waals surface area contributed by atoms with Gasteiger partial charge in [0.2, 0.25) is 5.91 Å². The molecule has 0 unspecified atom stereocenters. The number of hydrogen-bond donors (Lipinski definition) is 0. The number of carbonyl (C=O) groups is 2. The molecule has 0 bridgehead atoms. The first-order chi connectivity index (χ1) is 14.6. The van der Waals surface area contributed by atoms with Crippen molar-refractivity contribution in [1.82, 2.24) is 4.98 Å². The van der Waals surface area contributed by atoms with E-state index in [1.54, 1.807) is 18.1 Å². The van der Waals surface area contributed by atoms with Gasteiger partial charge < -0.3 is 9.64 Å². The molecule has 0 fully saturated rings. The van der Waals surface area contributed by atoms with Crippen LogP contribution in [0, 0.1) is 0 Å². The van der Waals surface area contributed by atoms with Crippen LogP contribution in [0.25, 0.3) is 0 Å². The molecule has 0 N–H and O–H groups in total. The Bertz CT molecular complexity index is 1140. The molecule has 2 amide bonds. The molecule has 7 heteroatoms. The summed E-state index contributed by atoms with van der Waals surface area (Å²) in [7, 11) is 1.71. The Morgan fingerprint density at radius 1 is 1.07 bits per heavy atom. The Labute approximate surface area is 178 Å². The minimum absolute atomic E-state index is 0.135. The van der Waals surface area contributed by atoms with Crippen molar-refractivity contribution in [1.29, 1.82) is 0 Å². The summed E-state index contributed by atoms with van der Waals surface area (Å²) in [6.45, 7) is 0.251. The molecule has 6 nitrogen and oxygen atoms in total. The van der Waals surface area contributed by atoms with E-state index in [0.717, 1.165) is 16.3 Å². The molecular formula is C23H19N3O3S. The highest BCUT2D eigenvalue weighted by atomic mass is 32.2. The van der Waals surface area contributed by atoms with Gasteiger partial charge in [-0.15, -0.1) is 0 Å². The van der Waals surface area contributed by atoms with E-state index < -0.39 is 5.72 Å². The number of nitrogens with zero attached hydrogens (tertiary/aromatic N) is 3. The van der Waals surface area contributed by atoms with Crippen molar-refractivity contribution < 1.29 is 14.3 Å². The average molecular weight is 417 g/mol. The molecule has 2 aliphatic heterocycles. The van der Waals surface area contributed by atoms with Crippen LogP contribution in [-0.4, -0.2) is 29.6 Å². The monoisotopic (exact) mass is 417 g/mol. The van der Waals surface area contributed by atoms with Crippen LogP contribution in [0.4, 0.5) is 11.4 Å². The van der Waals surface area contributed by atoms with Gasteiger partial charge in [0.1, 0.15) is 0 Å². The number of ether oxygens (including phenoxy) is 1. The molecule has 0 saturated heterocycles. The summed E-state index contributed by atoms with van der Waals surface area (Å²) in [5.74, 6) is -0.346. The largest absolute Gasteiger partial charge is 0.338 e. The predicted molar refractivity (Wildman–Crippen MR) is 115 cm³/mol. The molecule has 0 aliphatic carbocycles. The van der Waals surface area contributed by atoms with E-state index in [1.165, 1.54) is 16.7 Å². The van der Waals surface area contributed by atoms with Crippen LogP contribution in [0.2, 0.25) is 0 Å². The molecule has 1 atom stereocenters. The number of benzene rings is 2. The van der Waals surface area contributed by atoms with Crippen molar-refractivity contribution in [3.8, 4) is 0 Å². The number of aromatic nitrogens is 1. The van der Waals surface area contributed by atoms with Crippen molar-refractivity contribution in [3.05, 3.63) is 84.1 Å². The molecule has 1 aromatic heterocycles. The van der Waals surface area contributed by atoms with Crippen molar-refractivity contribution in [2.24, 2.45) is 0 Å². The zero-order valence-corrected chi connectivity index (χ0v) is 17.1. The number of pyridine rings is 1. The Hall–Kier alpha value is -3.16. The van der Waals surface area contributed by atoms with Crippen molar-refractivity contribution in [3.63, 3.8) is 0 Å². The Morgan fingerprint density at radius 3 is 2.60 bits per heavy atom. The fraction of sp³-hybridized carbons (Fsp3) is 0.174. The summed E-state index contributed by atoms with van der Waals surface area (Å²) < 4.78 is 6.24. The number of rotatable bonds is 3. The van der Waals surface area contributed by atoms with E-state index in [4.69, 9.17) is 4.74 Å². The van der Waals surface area contributed by atoms with Gasteiger partial charge in [-0.1, -0.05) is 54.2 Å². The van der Waals surface area contributed by atoms with E-state index in [9.17, 15) is 9.59 Å². The number of carbonyl (C=O) groups excluding carboxylic acids is 2. The number of anilines is 2. The highest BCUT2D eigenvalue weighted by Crippen LogP contribution is 2.49. The summed E-state index contributed by atoms with van der Waals surface area (Å²) >= 11 is 1.34. The molecule has 2 aromatic carbocycles. The van der Waals surface area contributed by atoms with Crippen molar-refractivity contribution in [2.75, 3.05) is 22.6 Å². The maximum atomic E-state index is 13.6. The number of amides is 2. The molecule has 150 valence electrons. The maximum Gasteiger partial charge on any atom is 0.285 e. The maximum absolute atomic E-state index is 13.6. The van der Waals surface area contributed by atoms with Gasteiger partial charge in [-0.3, -0.25) is 14.5 Å². The zero-order chi connectivity index (χ0) is 20.7. The fourth-order valence-electron chi connectivity index (χ4n) is 4.07. The molecular weight excluding hydrogens is 398 g/mol. The molecule has 1 spiro atoms. The van der Waals surface area contributed by atoms with Gasteiger partial charge in [0.25, 0.3) is 11.6 Å². The lowest BCUT2D eigenvalue weighted by molar-refractivity contribution is -0.152. The summed E-state index contributed by atoms with van der Waals surface area (Å²) in [5.41, 5.74) is 1.51. The van der Waals surface area contributed by atoms with Crippen LogP contribution in [0.15, 0.2) is 78.0 Å². The van der Waals surface area contributed by atoms with Crippen LogP contribution in [0.1, 0.15) is 11.1 Å². The molecule has 3 aromatic rings. The predicted octanol–water partition coefficient (Wildman–Crippen LogP) is 3.57. The van der Waals surface area contributed by atoms with Crippen molar-refractivity contribution in [2.45, 2.75) is 17.4 Å². The summed E-state index contributed by atoms with van der Waals surface area (Å²) in [6.07, 6.45) is 1.69. The molecule has 3 heterocycles. The number of para-hydroxylation sites is 2. The molecule has 5 rings (SSSR count). The normalized spacial score (nSPS) is 19.7. The highest BCUT2D eigenvalue weighted by Gasteiger charge is 2.59. The van der Waals surface area contributed by atoms with E-state index in [-0.39, 0.29) is 24.2 Å². The second-order valence-electron chi connectivity index (χ2n) is 7.13. The average Bonchev–Trinajstić information content (AvgIpc) is 3.01. The van der Waals surface area contributed by atoms with Crippen molar-refractivity contribution >= 4 is 35.0 Å². The number of hydrogen-bond acceptors (Lipinski definition) is 5. The highest BCUT2D eigenvalue weighted by molar-refractivity contribution is 7.99. The first-order valence-corrected chi connectivity index (χ1v) is 10.6. The van der Waals surface area contributed by atoms with Gasteiger partial charge >= 0.3 is 0 Å². The van der Waals surface area contributed by atoms with E-state index in [2.05, 4.69) is 4.98 Å². The van der Waals surface area contributed by atoms with Crippen LogP contribution >= 0.6 is 11.8 Å². The Balaban J connectivity index is 1.61. The molecule has 30 heavy (non-hydrogen) atoms. The summed E-state index contributed by atoms with van der Waals surface area (Å²) in [5, 5.41) is 0.751. The standard InChI is InChI=1S/C23H19N3O3S/c1-25-19-11-5-3-9-17(19)23(22(25)28)26(18-10-4-2-8-16(18)14-29-23)21(27)15-30-20-12-6-7-13-24-20/h2-13H,14-15H2,1H3/t23-/m1/s1. The van der Waals surface area contributed by atoms with E-state index in [0.29, 0.717) is 11.3 Å². The van der Waals surface area contributed by atoms with E-state index in [1.807, 2.05) is 66.7 Å². The number of thioether (sulfide) groups is 1. The van der Waals surface area contributed by atoms with Crippen LogP contribution in [0.5, 0.6) is 0 Å². The quantitative estimate of drug-likeness (QED) is 0.610. The third-order valence-electron chi connectivity index (χ3n) is 5.44. The van der Waals surface area contributed by atoms with Gasteiger partial charge in [-0.2, -0.15) is 0 Å². The third-order valence-corrected chi connectivity index (χ3v) is 6.37. The third kappa shape index (κ3) is 2.74. The minimum atomic E-state index is -1.50. The molecule has 2 aliphatic rings. The second-order valence-corrected chi connectivity index (χ2v) is 8.12. The Morgan fingerprint density at radius 2 is 1.80 bits per heavy atom. The SMILES string of the molecule is CN1C(=O)[C@]2(OCc3ccccc3N2C(=O)CSc2ccccn2)c2ccccc21. The summed E-state index contributed by atoms with van der Waals surface area (Å²) in [4.78, 5) is 34.5. The second kappa shape index (κ2) is 7.27. The number of likely N-dealkylation sites (N-methyl/N-ethyl adjacent to an activating group) is 1. The zero-order valence-electron chi connectivity index (χ0n) is 16.3. The number of fused-ring (bicyclic) bond motifs is 3. The molecule has 0 saturated carbocycles. The van der Waals surface area contributed by atoms with Gasteiger partial charge in [-0.05, 0) is 24.3 Å². The smallest absolute Gasteiger partial charge is 0.285 e. The fourth-order valence-corrected chi connectivity index (χ4v) is 4.78. The summed E-state index contributed by atoms with van der Waals surface area (Å²) in [6, 6.07) is 20.6. The lowest BCUT2D eigenvalue weighted by atomic mass is 9.97. The lowest BCUT2D eigenvalue weighted by Crippen LogP contribution is -2.59. The van der Waals surface area contributed by atoms with Crippen LogP contribution in [-0.2, 0) is 26.7 Å². The van der Waals surface area contributed by atoms with E-state index >= 15 is 0 Å².